The van der Waals surface area contributed by atoms with Crippen LogP contribution in [0, 0.1) is 6.92 Å². The zero-order chi connectivity index (χ0) is 13.9. The Morgan fingerprint density at radius 1 is 1.25 bits per heavy atom. The third-order valence-corrected chi connectivity index (χ3v) is 2.82. The van der Waals surface area contributed by atoms with Gasteiger partial charge >= 0.3 is 0 Å². The van der Waals surface area contributed by atoms with Crippen molar-refractivity contribution in [2.24, 2.45) is 5.84 Å². The van der Waals surface area contributed by atoms with Crippen molar-refractivity contribution in [3.63, 3.8) is 0 Å². The summed E-state index contributed by atoms with van der Waals surface area (Å²) >= 11 is 0. The van der Waals surface area contributed by atoms with Crippen LogP contribution in [0.25, 0.3) is 11.0 Å². The molecule has 0 saturated carbocycles. The lowest BCUT2D eigenvalue weighted by atomic mass is 10.3. The molecule has 3 aromatic heterocycles. The van der Waals surface area contributed by atoms with Crippen LogP contribution in [0.2, 0.25) is 0 Å². The van der Waals surface area contributed by atoms with E-state index in [1.165, 1.54) is 0 Å². The molecule has 0 aromatic carbocycles. The third-order valence-electron chi connectivity index (χ3n) is 2.82. The highest BCUT2D eigenvalue weighted by molar-refractivity contribution is 5.86. The van der Waals surface area contributed by atoms with Gasteiger partial charge < -0.3 is 5.32 Å². The molecule has 0 aliphatic carbocycles. The molecule has 0 amide bonds. The Hall–Kier alpha value is -2.74. The van der Waals surface area contributed by atoms with Gasteiger partial charge in [0.2, 0.25) is 5.95 Å². The molecule has 0 saturated heterocycles. The minimum absolute atomic E-state index is 0.321. The van der Waals surface area contributed by atoms with Crippen LogP contribution < -0.4 is 16.6 Å². The molecule has 0 unspecified atom stereocenters. The van der Waals surface area contributed by atoms with Crippen LogP contribution in [0.15, 0.2) is 24.4 Å². The maximum atomic E-state index is 5.36. The van der Waals surface area contributed by atoms with Crippen molar-refractivity contribution in [1.82, 2.24) is 25.1 Å². The Balaban J connectivity index is 1.88. The molecular formula is C12H14N8. The molecule has 20 heavy (non-hydrogen) atoms. The Morgan fingerprint density at radius 3 is 2.95 bits per heavy atom. The molecule has 0 aliphatic heterocycles. The van der Waals surface area contributed by atoms with Gasteiger partial charge in [-0.15, -0.1) is 0 Å². The molecule has 0 radical (unpaired) electrons. The second-order valence-electron chi connectivity index (χ2n) is 4.30. The Bertz CT molecular complexity index is 735. The number of nitrogens with two attached hydrogens (primary N) is 1. The minimum atomic E-state index is 0.321. The first-order chi connectivity index (χ1) is 9.76. The highest BCUT2D eigenvalue weighted by atomic mass is 15.3. The van der Waals surface area contributed by atoms with Crippen LogP contribution in [0.4, 0.5) is 11.8 Å². The fourth-order valence-corrected chi connectivity index (χ4v) is 1.91. The summed E-state index contributed by atoms with van der Waals surface area (Å²) in [4.78, 5) is 12.9. The molecule has 5 N–H and O–H groups in total. The van der Waals surface area contributed by atoms with Gasteiger partial charge in [-0.2, -0.15) is 15.1 Å². The number of hydrazine groups is 1. The monoisotopic (exact) mass is 270 g/mol. The van der Waals surface area contributed by atoms with Gasteiger partial charge in [0, 0.05) is 5.69 Å². The van der Waals surface area contributed by atoms with Crippen molar-refractivity contribution in [2.45, 2.75) is 13.5 Å². The van der Waals surface area contributed by atoms with Crippen molar-refractivity contribution < 1.29 is 0 Å². The SMILES string of the molecule is Cc1cccc(CNc2nc(NN)nc3[nH]ncc23)n1. The molecule has 8 nitrogen and oxygen atoms in total. The largest absolute Gasteiger partial charge is 0.364 e. The van der Waals surface area contributed by atoms with E-state index in [0.29, 0.717) is 24.0 Å². The zero-order valence-electron chi connectivity index (χ0n) is 10.9. The number of rotatable bonds is 4. The van der Waals surface area contributed by atoms with E-state index in [0.717, 1.165) is 16.8 Å². The van der Waals surface area contributed by atoms with Gasteiger partial charge in [0.25, 0.3) is 0 Å². The molecule has 102 valence electrons. The summed E-state index contributed by atoms with van der Waals surface area (Å²) in [6.45, 7) is 2.52. The van der Waals surface area contributed by atoms with Gasteiger partial charge in [0.15, 0.2) is 5.65 Å². The molecule has 3 aromatic rings. The number of aromatic amines is 1. The number of hydrogen-bond acceptors (Lipinski definition) is 7. The maximum Gasteiger partial charge on any atom is 0.241 e. The van der Waals surface area contributed by atoms with E-state index in [9.17, 15) is 0 Å². The summed E-state index contributed by atoms with van der Waals surface area (Å²) < 4.78 is 0. The van der Waals surface area contributed by atoms with E-state index in [1.54, 1.807) is 6.20 Å². The summed E-state index contributed by atoms with van der Waals surface area (Å²) in [5.41, 5.74) is 4.96. The van der Waals surface area contributed by atoms with Crippen molar-refractivity contribution in [3.05, 3.63) is 35.8 Å². The molecule has 0 bridgehead atoms. The summed E-state index contributed by atoms with van der Waals surface area (Å²) in [6, 6.07) is 5.88. The second-order valence-corrected chi connectivity index (χ2v) is 4.30. The van der Waals surface area contributed by atoms with Gasteiger partial charge in [-0.05, 0) is 19.1 Å². The molecule has 0 aliphatic rings. The van der Waals surface area contributed by atoms with Crippen molar-refractivity contribution in [1.29, 1.82) is 0 Å². The summed E-state index contributed by atoms with van der Waals surface area (Å²) in [7, 11) is 0. The maximum absolute atomic E-state index is 5.36. The molecule has 0 fully saturated rings. The van der Waals surface area contributed by atoms with Crippen LogP contribution in [0.1, 0.15) is 11.4 Å². The summed E-state index contributed by atoms with van der Waals surface area (Å²) in [6.07, 6.45) is 1.67. The lowest BCUT2D eigenvalue weighted by Gasteiger charge is -2.08. The Kier molecular flexibility index (Phi) is 3.13. The standard InChI is InChI=1S/C12H14N8/c1-7-3-2-4-8(16-7)5-14-10-9-6-15-20-11(9)18-12(17-10)19-13/h2-4,6H,5,13H2,1H3,(H3,14,15,17,18,19,20). The van der Waals surface area contributed by atoms with E-state index >= 15 is 0 Å². The molecular weight excluding hydrogens is 256 g/mol. The van der Waals surface area contributed by atoms with Crippen LogP contribution in [-0.2, 0) is 6.54 Å². The molecule has 3 heterocycles. The lowest BCUT2D eigenvalue weighted by Crippen LogP contribution is -2.12. The van der Waals surface area contributed by atoms with Crippen molar-refractivity contribution >= 4 is 22.8 Å². The number of nitrogens with zero attached hydrogens (tertiary/aromatic N) is 4. The average Bonchev–Trinajstić information content (AvgIpc) is 2.93. The number of pyridine rings is 1. The number of aromatic nitrogens is 5. The third kappa shape index (κ3) is 2.36. The van der Waals surface area contributed by atoms with E-state index in [4.69, 9.17) is 5.84 Å². The number of H-pyrrole nitrogens is 1. The van der Waals surface area contributed by atoms with E-state index in [-0.39, 0.29) is 0 Å². The fourth-order valence-electron chi connectivity index (χ4n) is 1.91. The Labute approximate surface area is 114 Å². The smallest absolute Gasteiger partial charge is 0.241 e. The van der Waals surface area contributed by atoms with Crippen molar-refractivity contribution in [3.8, 4) is 0 Å². The number of nitrogens with one attached hydrogen (secondary N) is 3. The quantitative estimate of drug-likeness (QED) is 0.412. The molecule has 3 rings (SSSR count). The van der Waals surface area contributed by atoms with E-state index in [2.05, 4.69) is 35.9 Å². The van der Waals surface area contributed by atoms with Crippen LogP contribution in [0.5, 0.6) is 0 Å². The normalized spacial score (nSPS) is 10.7. The number of hydrogen-bond donors (Lipinski definition) is 4. The van der Waals surface area contributed by atoms with E-state index in [1.807, 2.05) is 25.1 Å². The van der Waals surface area contributed by atoms with Gasteiger partial charge in [0.1, 0.15) is 5.82 Å². The number of aryl methyl sites for hydroxylation is 1. The number of anilines is 2. The number of fused-ring (bicyclic) bond motifs is 1. The first-order valence-corrected chi connectivity index (χ1v) is 6.10. The van der Waals surface area contributed by atoms with Crippen LogP contribution in [0.3, 0.4) is 0 Å². The Morgan fingerprint density at radius 2 is 2.15 bits per heavy atom. The van der Waals surface area contributed by atoms with Gasteiger partial charge in [0.05, 0.1) is 23.8 Å². The zero-order valence-corrected chi connectivity index (χ0v) is 10.9. The molecule has 0 spiro atoms. The predicted octanol–water partition coefficient (Wildman–Crippen LogP) is 0.954. The summed E-state index contributed by atoms with van der Waals surface area (Å²) in [5, 5.41) is 10.8. The van der Waals surface area contributed by atoms with Gasteiger partial charge in [-0.25, -0.2) is 5.84 Å². The first-order valence-electron chi connectivity index (χ1n) is 6.10. The lowest BCUT2D eigenvalue weighted by molar-refractivity contribution is 1.00. The van der Waals surface area contributed by atoms with Crippen LogP contribution in [-0.4, -0.2) is 25.1 Å². The second kappa shape index (κ2) is 5.10. The minimum Gasteiger partial charge on any atom is -0.364 e. The van der Waals surface area contributed by atoms with Crippen molar-refractivity contribution in [2.75, 3.05) is 10.7 Å². The van der Waals surface area contributed by atoms with Gasteiger partial charge in [-0.3, -0.25) is 15.5 Å². The van der Waals surface area contributed by atoms with Crippen LogP contribution >= 0.6 is 0 Å². The predicted molar refractivity (Wildman–Crippen MR) is 75.8 cm³/mol. The summed E-state index contributed by atoms with van der Waals surface area (Å²) in [5.74, 6) is 6.33. The highest BCUT2D eigenvalue weighted by Crippen LogP contribution is 2.19. The number of nitrogen functional groups attached to an aromatic ring is 1. The average molecular weight is 270 g/mol. The fraction of sp³-hybridized carbons (Fsp3) is 0.167. The van der Waals surface area contributed by atoms with E-state index < -0.39 is 0 Å². The highest BCUT2D eigenvalue weighted by Gasteiger charge is 2.08. The topological polar surface area (TPSA) is 117 Å². The first kappa shape index (κ1) is 12.3. The van der Waals surface area contributed by atoms with Gasteiger partial charge in [-0.1, -0.05) is 6.07 Å². The molecule has 8 heteroatoms. The molecule has 0 atom stereocenters.